The van der Waals surface area contributed by atoms with Gasteiger partial charge in [0.2, 0.25) is 5.91 Å². The van der Waals surface area contributed by atoms with Crippen LogP contribution in [0.1, 0.15) is 37.8 Å². The zero-order chi connectivity index (χ0) is 16.1. The smallest absolute Gasteiger partial charge is 0.223 e. The number of rotatable bonds is 6. The lowest BCUT2D eigenvalue weighted by Gasteiger charge is -2.22. The van der Waals surface area contributed by atoms with Crippen LogP contribution < -0.4 is 20.5 Å². The van der Waals surface area contributed by atoms with E-state index < -0.39 is 0 Å². The molecule has 0 spiro atoms. The van der Waals surface area contributed by atoms with Crippen LogP contribution >= 0.6 is 0 Å². The van der Waals surface area contributed by atoms with Crippen molar-refractivity contribution in [3.8, 4) is 11.5 Å². The highest BCUT2D eigenvalue weighted by Crippen LogP contribution is 2.33. The van der Waals surface area contributed by atoms with Crippen molar-refractivity contribution in [3.63, 3.8) is 0 Å². The van der Waals surface area contributed by atoms with Gasteiger partial charge in [-0.3, -0.25) is 4.79 Å². The fourth-order valence-electron chi connectivity index (χ4n) is 3.24. The predicted molar refractivity (Wildman–Crippen MR) is 86.0 cm³/mol. The maximum atomic E-state index is 12.5. The van der Waals surface area contributed by atoms with Gasteiger partial charge in [0.25, 0.3) is 0 Å². The molecule has 122 valence electrons. The molecular formula is C17H26N2O3. The lowest BCUT2D eigenvalue weighted by atomic mass is 9.94. The number of nitrogens with two attached hydrogens (primary N) is 1. The number of amides is 1. The molecule has 3 atom stereocenters. The van der Waals surface area contributed by atoms with E-state index in [-0.39, 0.29) is 17.9 Å². The van der Waals surface area contributed by atoms with E-state index in [0.717, 1.165) is 36.3 Å². The number of carbonyl (C=O) groups is 1. The van der Waals surface area contributed by atoms with Gasteiger partial charge in [-0.1, -0.05) is 6.42 Å². The van der Waals surface area contributed by atoms with Crippen LogP contribution in [0.3, 0.4) is 0 Å². The molecule has 0 aliphatic heterocycles. The maximum absolute atomic E-state index is 12.5. The van der Waals surface area contributed by atoms with Gasteiger partial charge in [0.15, 0.2) is 0 Å². The summed E-state index contributed by atoms with van der Waals surface area (Å²) < 4.78 is 10.6. The summed E-state index contributed by atoms with van der Waals surface area (Å²) in [4.78, 5) is 12.5. The normalized spacial score (nSPS) is 22.2. The summed E-state index contributed by atoms with van der Waals surface area (Å²) in [6, 6.07) is 5.46. The minimum Gasteiger partial charge on any atom is -0.497 e. The minimum absolute atomic E-state index is 0.0315. The average Bonchev–Trinajstić information content (AvgIpc) is 3.02. The number of nitrogens with one attached hydrogen (secondary N) is 1. The van der Waals surface area contributed by atoms with Crippen molar-refractivity contribution in [1.82, 2.24) is 5.32 Å². The molecule has 2 rings (SSSR count). The summed E-state index contributed by atoms with van der Waals surface area (Å²) in [5, 5.41) is 3.10. The molecule has 5 heteroatoms. The standard InChI is InChI=1S/C17H26N2O3/c1-11(15-9-13(21-2)7-8-16(15)22-3)19-17(20)14-6-4-5-12(14)10-18/h7-9,11-12,14H,4-6,10,18H2,1-3H3,(H,19,20)/t11?,12-,14-/m1/s1. The summed E-state index contributed by atoms with van der Waals surface area (Å²) in [6.45, 7) is 2.54. The Bertz CT molecular complexity index is 519. The van der Waals surface area contributed by atoms with Gasteiger partial charge in [0.1, 0.15) is 11.5 Å². The lowest BCUT2D eigenvalue weighted by Crippen LogP contribution is -2.36. The summed E-state index contributed by atoms with van der Waals surface area (Å²) in [7, 11) is 3.25. The Morgan fingerprint density at radius 2 is 2.14 bits per heavy atom. The molecule has 3 N–H and O–H groups in total. The minimum atomic E-state index is -0.142. The lowest BCUT2D eigenvalue weighted by molar-refractivity contribution is -0.126. The van der Waals surface area contributed by atoms with Crippen LogP contribution in [0.25, 0.3) is 0 Å². The average molecular weight is 306 g/mol. The molecular weight excluding hydrogens is 280 g/mol. The predicted octanol–water partition coefficient (Wildman–Crippen LogP) is 2.26. The highest BCUT2D eigenvalue weighted by Gasteiger charge is 2.32. The number of hydrogen-bond acceptors (Lipinski definition) is 4. The highest BCUT2D eigenvalue weighted by molar-refractivity contribution is 5.79. The molecule has 1 fully saturated rings. The number of methoxy groups -OCH3 is 2. The van der Waals surface area contributed by atoms with Crippen LogP contribution in [-0.2, 0) is 4.79 Å². The zero-order valence-corrected chi connectivity index (χ0v) is 13.6. The maximum Gasteiger partial charge on any atom is 0.223 e. The first-order valence-electron chi connectivity index (χ1n) is 7.83. The van der Waals surface area contributed by atoms with E-state index in [2.05, 4.69) is 5.32 Å². The van der Waals surface area contributed by atoms with E-state index in [9.17, 15) is 4.79 Å². The van der Waals surface area contributed by atoms with Crippen LogP contribution in [0.5, 0.6) is 11.5 Å². The van der Waals surface area contributed by atoms with Gasteiger partial charge < -0.3 is 20.5 Å². The molecule has 22 heavy (non-hydrogen) atoms. The number of ether oxygens (including phenoxy) is 2. The molecule has 1 amide bonds. The second-order valence-electron chi connectivity index (χ2n) is 5.87. The first-order chi connectivity index (χ1) is 10.6. The molecule has 0 heterocycles. The molecule has 0 radical (unpaired) electrons. The molecule has 0 bridgehead atoms. The molecule has 1 aromatic carbocycles. The van der Waals surface area contributed by atoms with Gasteiger partial charge in [-0.15, -0.1) is 0 Å². The molecule has 1 saturated carbocycles. The third-order valence-electron chi connectivity index (χ3n) is 4.56. The molecule has 1 aliphatic rings. The Morgan fingerprint density at radius 1 is 1.36 bits per heavy atom. The van der Waals surface area contributed by atoms with Crippen molar-refractivity contribution in [2.45, 2.75) is 32.2 Å². The van der Waals surface area contributed by atoms with Crippen molar-refractivity contribution in [2.24, 2.45) is 17.6 Å². The van der Waals surface area contributed by atoms with Gasteiger partial charge in [-0.25, -0.2) is 0 Å². The number of carbonyl (C=O) groups excluding carboxylic acids is 1. The Labute approximate surface area is 132 Å². The Hall–Kier alpha value is -1.75. The quantitative estimate of drug-likeness (QED) is 0.845. The van der Waals surface area contributed by atoms with Gasteiger partial charge in [0, 0.05) is 11.5 Å². The second kappa shape index (κ2) is 7.49. The Balaban J connectivity index is 2.11. The molecule has 1 unspecified atom stereocenters. The van der Waals surface area contributed by atoms with Crippen molar-refractivity contribution in [3.05, 3.63) is 23.8 Å². The number of benzene rings is 1. The van der Waals surface area contributed by atoms with Crippen LogP contribution in [0.15, 0.2) is 18.2 Å². The van der Waals surface area contributed by atoms with Gasteiger partial charge in [-0.05, 0) is 50.4 Å². The van der Waals surface area contributed by atoms with Crippen molar-refractivity contribution in [2.75, 3.05) is 20.8 Å². The fraction of sp³-hybridized carbons (Fsp3) is 0.588. The highest BCUT2D eigenvalue weighted by atomic mass is 16.5. The third-order valence-corrected chi connectivity index (χ3v) is 4.56. The molecule has 0 saturated heterocycles. The Morgan fingerprint density at radius 3 is 2.77 bits per heavy atom. The van der Waals surface area contributed by atoms with Gasteiger partial charge in [-0.2, -0.15) is 0 Å². The SMILES string of the molecule is COc1ccc(OC)c(C(C)NC(=O)[C@@H]2CCC[C@@H]2CN)c1. The molecule has 1 aromatic rings. The van der Waals surface area contributed by atoms with Crippen molar-refractivity contribution < 1.29 is 14.3 Å². The van der Waals surface area contributed by atoms with E-state index in [0.29, 0.717) is 12.5 Å². The van der Waals surface area contributed by atoms with Crippen LogP contribution in [0.4, 0.5) is 0 Å². The monoisotopic (exact) mass is 306 g/mol. The van der Waals surface area contributed by atoms with E-state index in [1.54, 1.807) is 14.2 Å². The van der Waals surface area contributed by atoms with Crippen molar-refractivity contribution in [1.29, 1.82) is 0 Å². The van der Waals surface area contributed by atoms with Crippen molar-refractivity contribution >= 4 is 5.91 Å². The summed E-state index contributed by atoms with van der Waals surface area (Å²) in [6.07, 6.45) is 3.05. The molecule has 5 nitrogen and oxygen atoms in total. The topological polar surface area (TPSA) is 73.6 Å². The second-order valence-corrected chi connectivity index (χ2v) is 5.87. The first-order valence-corrected chi connectivity index (χ1v) is 7.83. The van der Waals surface area contributed by atoms with Gasteiger partial charge in [0.05, 0.1) is 20.3 Å². The molecule has 1 aliphatic carbocycles. The third kappa shape index (κ3) is 3.53. The summed E-state index contributed by atoms with van der Waals surface area (Å²) in [5.41, 5.74) is 6.69. The van der Waals surface area contributed by atoms with E-state index >= 15 is 0 Å². The number of hydrogen-bond donors (Lipinski definition) is 2. The van der Waals surface area contributed by atoms with E-state index in [4.69, 9.17) is 15.2 Å². The van der Waals surface area contributed by atoms with Crippen LogP contribution in [0, 0.1) is 11.8 Å². The largest absolute Gasteiger partial charge is 0.497 e. The summed E-state index contributed by atoms with van der Waals surface area (Å²) >= 11 is 0. The fourth-order valence-corrected chi connectivity index (χ4v) is 3.24. The van der Waals surface area contributed by atoms with Crippen LogP contribution in [0.2, 0.25) is 0 Å². The summed E-state index contributed by atoms with van der Waals surface area (Å²) in [5.74, 6) is 1.92. The van der Waals surface area contributed by atoms with Crippen LogP contribution in [-0.4, -0.2) is 26.7 Å². The Kier molecular flexibility index (Phi) is 5.66. The van der Waals surface area contributed by atoms with E-state index in [1.807, 2.05) is 25.1 Å². The molecule has 0 aromatic heterocycles. The van der Waals surface area contributed by atoms with Gasteiger partial charge >= 0.3 is 0 Å². The zero-order valence-electron chi connectivity index (χ0n) is 13.6. The first kappa shape index (κ1) is 16.6. The van der Waals surface area contributed by atoms with E-state index in [1.165, 1.54) is 0 Å².